The molecule has 13 heavy (non-hydrogen) atoms. The zero-order valence-electron chi connectivity index (χ0n) is 8.17. The maximum absolute atomic E-state index is 5.75. The Hall–Kier alpha value is -1.32. The van der Waals surface area contributed by atoms with Gasteiger partial charge in [0, 0.05) is 18.8 Å². The summed E-state index contributed by atoms with van der Waals surface area (Å²) in [5.74, 6) is 1.17. The second-order valence-electron chi connectivity index (χ2n) is 2.96. The SMILES string of the molecule is CCCCc1cnc(NC)nc1N. The fourth-order valence-corrected chi connectivity index (χ4v) is 1.10. The zero-order valence-corrected chi connectivity index (χ0v) is 8.17. The number of hydrogen-bond donors (Lipinski definition) is 2. The van der Waals surface area contributed by atoms with Gasteiger partial charge in [0.05, 0.1) is 0 Å². The molecule has 0 aliphatic heterocycles. The average molecular weight is 180 g/mol. The number of nitrogens with two attached hydrogens (primary N) is 1. The van der Waals surface area contributed by atoms with Crippen LogP contribution in [0.15, 0.2) is 6.20 Å². The molecular formula is C9H16N4. The first-order valence-corrected chi connectivity index (χ1v) is 4.57. The molecule has 3 N–H and O–H groups in total. The first-order chi connectivity index (χ1) is 6.27. The molecule has 0 fully saturated rings. The molecule has 0 saturated heterocycles. The van der Waals surface area contributed by atoms with Gasteiger partial charge in [-0.25, -0.2) is 4.98 Å². The topological polar surface area (TPSA) is 63.8 Å². The lowest BCUT2D eigenvalue weighted by molar-refractivity contribution is 0.790. The van der Waals surface area contributed by atoms with Gasteiger partial charge in [0.15, 0.2) is 0 Å². The van der Waals surface area contributed by atoms with Crippen molar-refractivity contribution in [2.75, 3.05) is 18.1 Å². The lowest BCUT2D eigenvalue weighted by atomic mass is 10.1. The zero-order chi connectivity index (χ0) is 9.68. The van der Waals surface area contributed by atoms with Crippen molar-refractivity contribution in [1.82, 2.24) is 9.97 Å². The normalized spacial score (nSPS) is 10.0. The molecule has 0 aliphatic rings. The van der Waals surface area contributed by atoms with Crippen molar-refractivity contribution >= 4 is 11.8 Å². The second kappa shape index (κ2) is 4.64. The minimum atomic E-state index is 0.581. The van der Waals surface area contributed by atoms with E-state index in [0.717, 1.165) is 24.8 Å². The maximum atomic E-state index is 5.75. The summed E-state index contributed by atoms with van der Waals surface area (Å²) in [5.41, 5.74) is 6.79. The van der Waals surface area contributed by atoms with E-state index >= 15 is 0 Å². The lowest BCUT2D eigenvalue weighted by Crippen LogP contribution is -2.03. The van der Waals surface area contributed by atoms with Crippen LogP contribution >= 0.6 is 0 Å². The van der Waals surface area contributed by atoms with Gasteiger partial charge >= 0.3 is 0 Å². The Bertz CT molecular complexity index is 272. The van der Waals surface area contributed by atoms with Gasteiger partial charge in [-0.3, -0.25) is 0 Å². The summed E-state index contributed by atoms with van der Waals surface area (Å²) in [6.07, 6.45) is 5.05. The van der Waals surface area contributed by atoms with Gasteiger partial charge in [-0.15, -0.1) is 0 Å². The van der Waals surface area contributed by atoms with Crippen LogP contribution in [0.25, 0.3) is 0 Å². The highest BCUT2D eigenvalue weighted by Crippen LogP contribution is 2.12. The molecule has 0 aliphatic carbocycles. The van der Waals surface area contributed by atoms with Crippen molar-refractivity contribution in [1.29, 1.82) is 0 Å². The molecule has 1 aromatic heterocycles. The number of aromatic nitrogens is 2. The Labute approximate surface area is 78.6 Å². The van der Waals surface area contributed by atoms with E-state index in [1.807, 2.05) is 0 Å². The summed E-state index contributed by atoms with van der Waals surface area (Å²) in [6, 6.07) is 0. The van der Waals surface area contributed by atoms with E-state index in [1.54, 1.807) is 13.2 Å². The number of unbranched alkanes of at least 4 members (excludes halogenated alkanes) is 1. The third kappa shape index (κ3) is 2.57. The predicted octanol–water partition coefficient (Wildman–Crippen LogP) is 1.44. The summed E-state index contributed by atoms with van der Waals surface area (Å²) < 4.78 is 0. The van der Waals surface area contributed by atoms with Gasteiger partial charge < -0.3 is 11.1 Å². The predicted molar refractivity (Wildman–Crippen MR) is 54.6 cm³/mol. The van der Waals surface area contributed by atoms with E-state index in [0.29, 0.717) is 11.8 Å². The van der Waals surface area contributed by atoms with Crippen LogP contribution in [0.2, 0.25) is 0 Å². The van der Waals surface area contributed by atoms with Crippen LogP contribution in [0.1, 0.15) is 25.3 Å². The van der Waals surface area contributed by atoms with Crippen LogP contribution < -0.4 is 11.1 Å². The minimum Gasteiger partial charge on any atom is -0.383 e. The monoisotopic (exact) mass is 180 g/mol. The van der Waals surface area contributed by atoms with Crippen LogP contribution in [-0.2, 0) is 6.42 Å². The summed E-state index contributed by atoms with van der Waals surface area (Å²) in [6.45, 7) is 2.15. The largest absolute Gasteiger partial charge is 0.383 e. The number of nitrogens with zero attached hydrogens (tertiary/aromatic N) is 2. The second-order valence-corrected chi connectivity index (χ2v) is 2.96. The van der Waals surface area contributed by atoms with Crippen LogP contribution in [0.4, 0.5) is 11.8 Å². The molecule has 4 heteroatoms. The van der Waals surface area contributed by atoms with Crippen LogP contribution in [0.5, 0.6) is 0 Å². The smallest absolute Gasteiger partial charge is 0.224 e. The van der Waals surface area contributed by atoms with E-state index in [9.17, 15) is 0 Å². The summed E-state index contributed by atoms with van der Waals surface area (Å²) in [7, 11) is 1.78. The Morgan fingerprint density at radius 2 is 2.31 bits per heavy atom. The number of rotatable bonds is 4. The third-order valence-corrected chi connectivity index (χ3v) is 1.92. The van der Waals surface area contributed by atoms with E-state index in [-0.39, 0.29) is 0 Å². The summed E-state index contributed by atoms with van der Waals surface area (Å²) in [5, 5.41) is 2.85. The van der Waals surface area contributed by atoms with Crippen LogP contribution in [-0.4, -0.2) is 17.0 Å². The van der Waals surface area contributed by atoms with Crippen molar-refractivity contribution in [3.05, 3.63) is 11.8 Å². The molecule has 1 heterocycles. The van der Waals surface area contributed by atoms with Crippen molar-refractivity contribution in [2.45, 2.75) is 26.2 Å². The molecule has 0 radical (unpaired) electrons. The molecule has 0 unspecified atom stereocenters. The standard InChI is InChI=1S/C9H16N4/c1-3-4-5-7-6-12-9(11-2)13-8(7)10/h6H,3-5H2,1-2H3,(H3,10,11,12,13). The van der Waals surface area contributed by atoms with Crippen LogP contribution in [0, 0.1) is 0 Å². The fraction of sp³-hybridized carbons (Fsp3) is 0.556. The van der Waals surface area contributed by atoms with Gasteiger partial charge in [-0.2, -0.15) is 4.98 Å². The molecule has 0 amide bonds. The fourth-order valence-electron chi connectivity index (χ4n) is 1.10. The molecule has 4 nitrogen and oxygen atoms in total. The third-order valence-electron chi connectivity index (χ3n) is 1.92. The van der Waals surface area contributed by atoms with Gasteiger partial charge in [-0.05, 0) is 12.8 Å². The minimum absolute atomic E-state index is 0.581. The highest BCUT2D eigenvalue weighted by molar-refractivity contribution is 5.42. The molecule has 0 aromatic carbocycles. The summed E-state index contributed by atoms with van der Waals surface area (Å²) in [4.78, 5) is 8.21. The maximum Gasteiger partial charge on any atom is 0.224 e. The molecule has 0 atom stereocenters. The Morgan fingerprint density at radius 1 is 1.54 bits per heavy atom. The van der Waals surface area contributed by atoms with Crippen molar-refractivity contribution in [3.63, 3.8) is 0 Å². The molecule has 0 saturated carbocycles. The first-order valence-electron chi connectivity index (χ1n) is 4.57. The Balaban J connectivity index is 2.73. The van der Waals surface area contributed by atoms with Gasteiger partial charge in [0.1, 0.15) is 5.82 Å². The van der Waals surface area contributed by atoms with Gasteiger partial charge in [0.25, 0.3) is 0 Å². The van der Waals surface area contributed by atoms with Crippen molar-refractivity contribution in [3.8, 4) is 0 Å². The summed E-state index contributed by atoms with van der Waals surface area (Å²) >= 11 is 0. The Kier molecular flexibility index (Phi) is 3.49. The first kappa shape index (κ1) is 9.77. The van der Waals surface area contributed by atoms with Crippen molar-refractivity contribution in [2.24, 2.45) is 0 Å². The van der Waals surface area contributed by atoms with Gasteiger partial charge in [-0.1, -0.05) is 13.3 Å². The van der Waals surface area contributed by atoms with E-state index in [4.69, 9.17) is 5.73 Å². The van der Waals surface area contributed by atoms with Crippen molar-refractivity contribution < 1.29 is 0 Å². The number of aryl methyl sites for hydroxylation is 1. The molecule has 1 rings (SSSR count). The van der Waals surface area contributed by atoms with Gasteiger partial charge in [0.2, 0.25) is 5.95 Å². The molecule has 0 bridgehead atoms. The molecular weight excluding hydrogens is 164 g/mol. The number of nitrogen functional groups attached to an aromatic ring is 1. The molecule has 72 valence electrons. The van der Waals surface area contributed by atoms with E-state index < -0.39 is 0 Å². The Morgan fingerprint density at radius 3 is 2.85 bits per heavy atom. The quantitative estimate of drug-likeness (QED) is 0.736. The lowest BCUT2D eigenvalue weighted by Gasteiger charge is -2.04. The number of hydrogen-bond acceptors (Lipinski definition) is 4. The number of anilines is 2. The van der Waals surface area contributed by atoms with Crippen LogP contribution in [0.3, 0.4) is 0 Å². The number of nitrogens with one attached hydrogen (secondary N) is 1. The highest BCUT2D eigenvalue weighted by atomic mass is 15.1. The van der Waals surface area contributed by atoms with E-state index in [2.05, 4.69) is 22.2 Å². The molecule has 1 aromatic rings. The van der Waals surface area contributed by atoms with E-state index in [1.165, 1.54) is 0 Å². The average Bonchev–Trinajstić information content (AvgIpc) is 2.16. The molecule has 0 spiro atoms. The highest BCUT2D eigenvalue weighted by Gasteiger charge is 2.01.